The SMILES string of the molecule is Nc1ccccc1CS(=O)(=O)Nc1ccc(Br)nc1. The number of aromatic nitrogens is 1. The summed E-state index contributed by atoms with van der Waals surface area (Å²) in [5, 5.41) is 0. The van der Waals surface area contributed by atoms with Gasteiger partial charge in [0.1, 0.15) is 4.60 Å². The van der Waals surface area contributed by atoms with Gasteiger partial charge in [-0.1, -0.05) is 18.2 Å². The smallest absolute Gasteiger partial charge is 0.237 e. The van der Waals surface area contributed by atoms with Crippen LogP contribution in [-0.2, 0) is 15.8 Å². The van der Waals surface area contributed by atoms with Crippen LogP contribution in [0.3, 0.4) is 0 Å². The van der Waals surface area contributed by atoms with E-state index in [-0.39, 0.29) is 5.75 Å². The molecule has 0 aliphatic heterocycles. The highest BCUT2D eigenvalue weighted by Crippen LogP contribution is 2.17. The van der Waals surface area contributed by atoms with Crippen LogP contribution < -0.4 is 10.5 Å². The molecule has 2 aromatic rings. The number of halogens is 1. The third-order valence-corrected chi connectivity index (χ3v) is 4.11. The first-order chi connectivity index (χ1) is 8.96. The average molecular weight is 342 g/mol. The summed E-state index contributed by atoms with van der Waals surface area (Å²) in [6.45, 7) is 0. The van der Waals surface area contributed by atoms with Crippen molar-refractivity contribution in [1.82, 2.24) is 4.98 Å². The van der Waals surface area contributed by atoms with Crippen LogP contribution in [-0.4, -0.2) is 13.4 Å². The number of nitrogens with two attached hydrogens (primary N) is 1. The number of benzene rings is 1. The number of para-hydroxylation sites is 1. The molecule has 1 heterocycles. The summed E-state index contributed by atoms with van der Waals surface area (Å²) >= 11 is 3.18. The molecule has 0 saturated heterocycles. The second-order valence-corrected chi connectivity index (χ2v) is 6.46. The predicted octanol–water partition coefficient (Wildman–Crippen LogP) is 2.37. The van der Waals surface area contributed by atoms with E-state index in [0.29, 0.717) is 21.5 Å². The van der Waals surface area contributed by atoms with Crippen LogP contribution in [0.15, 0.2) is 47.2 Å². The standard InChI is InChI=1S/C12H12BrN3O2S/c13-12-6-5-10(7-15-12)16-19(17,18)8-9-3-1-2-4-11(9)14/h1-7,16H,8,14H2. The van der Waals surface area contributed by atoms with Gasteiger partial charge in [0.25, 0.3) is 0 Å². The Bertz CT molecular complexity index is 672. The zero-order chi connectivity index (χ0) is 13.9. The number of nitrogens with zero attached hydrogens (tertiary/aromatic N) is 1. The Balaban J connectivity index is 2.15. The average Bonchev–Trinajstić information content (AvgIpc) is 2.35. The van der Waals surface area contributed by atoms with Gasteiger partial charge in [-0.3, -0.25) is 4.72 Å². The van der Waals surface area contributed by atoms with E-state index in [0.717, 1.165) is 0 Å². The number of rotatable bonds is 4. The molecule has 0 bridgehead atoms. The van der Waals surface area contributed by atoms with E-state index < -0.39 is 10.0 Å². The lowest BCUT2D eigenvalue weighted by atomic mass is 10.2. The van der Waals surface area contributed by atoms with Gasteiger partial charge in [0.2, 0.25) is 10.0 Å². The summed E-state index contributed by atoms with van der Waals surface area (Å²) in [7, 11) is -3.51. The van der Waals surface area contributed by atoms with Crippen molar-refractivity contribution in [2.24, 2.45) is 0 Å². The predicted molar refractivity (Wildman–Crippen MR) is 79.0 cm³/mol. The molecule has 0 fully saturated rings. The quantitative estimate of drug-likeness (QED) is 0.660. The molecule has 0 saturated carbocycles. The van der Waals surface area contributed by atoms with Crippen LogP contribution >= 0.6 is 15.9 Å². The highest BCUT2D eigenvalue weighted by molar-refractivity contribution is 9.10. The minimum Gasteiger partial charge on any atom is -0.398 e. The third-order valence-electron chi connectivity index (χ3n) is 2.40. The number of hydrogen-bond donors (Lipinski definition) is 2. The van der Waals surface area contributed by atoms with Gasteiger partial charge in [-0.15, -0.1) is 0 Å². The van der Waals surface area contributed by atoms with Gasteiger partial charge in [-0.25, -0.2) is 13.4 Å². The van der Waals surface area contributed by atoms with Gasteiger partial charge < -0.3 is 5.73 Å². The van der Waals surface area contributed by atoms with Gasteiger partial charge in [-0.2, -0.15) is 0 Å². The van der Waals surface area contributed by atoms with E-state index in [2.05, 4.69) is 25.6 Å². The first kappa shape index (κ1) is 13.8. The molecular formula is C12H12BrN3O2S. The first-order valence-corrected chi connectivity index (χ1v) is 7.86. The van der Waals surface area contributed by atoms with E-state index in [9.17, 15) is 8.42 Å². The number of nitrogens with one attached hydrogen (secondary N) is 1. The molecule has 0 radical (unpaired) electrons. The molecule has 3 N–H and O–H groups in total. The summed E-state index contributed by atoms with van der Waals surface area (Å²) in [5.41, 5.74) is 7.17. The van der Waals surface area contributed by atoms with Crippen molar-refractivity contribution in [1.29, 1.82) is 0 Å². The molecule has 0 spiro atoms. The van der Waals surface area contributed by atoms with E-state index >= 15 is 0 Å². The fraction of sp³-hybridized carbons (Fsp3) is 0.0833. The second-order valence-electron chi connectivity index (χ2n) is 3.93. The van der Waals surface area contributed by atoms with E-state index in [4.69, 9.17) is 5.73 Å². The molecule has 0 atom stereocenters. The van der Waals surface area contributed by atoms with Gasteiger partial charge in [-0.05, 0) is 39.7 Å². The Kier molecular flexibility index (Phi) is 4.06. The Morgan fingerprint density at radius 3 is 2.58 bits per heavy atom. The molecule has 0 unspecified atom stereocenters. The lowest BCUT2D eigenvalue weighted by Gasteiger charge is -2.09. The van der Waals surface area contributed by atoms with Crippen molar-refractivity contribution in [3.05, 3.63) is 52.8 Å². The molecule has 19 heavy (non-hydrogen) atoms. The molecule has 0 aliphatic carbocycles. The minimum absolute atomic E-state index is 0.171. The van der Waals surface area contributed by atoms with Crippen LogP contribution in [0, 0.1) is 0 Å². The lowest BCUT2D eigenvalue weighted by molar-refractivity contribution is 0.600. The third kappa shape index (κ3) is 3.93. The maximum Gasteiger partial charge on any atom is 0.237 e. The van der Waals surface area contributed by atoms with Gasteiger partial charge in [0, 0.05) is 5.69 Å². The van der Waals surface area contributed by atoms with Crippen LogP contribution in [0.2, 0.25) is 0 Å². The number of anilines is 2. The minimum atomic E-state index is -3.51. The zero-order valence-electron chi connectivity index (χ0n) is 9.88. The number of nitrogen functional groups attached to an aromatic ring is 1. The first-order valence-electron chi connectivity index (χ1n) is 5.42. The molecular weight excluding hydrogens is 330 g/mol. The molecule has 1 aromatic heterocycles. The Morgan fingerprint density at radius 2 is 1.95 bits per heavy atom. The van der Waals surface area contributed by atoms with Crippen LogP contribution in [0.25, 0.3) is 0 Å². The lowest BCUT2D eigenvalue weighted by Crippen LogP contribution is -2.16. The van der Waals surface area contributed by atoms with E-state index in [1.807, 2.05) is 0 Å². The fourth-order valence-electron chi connectivity index (χ4n) is 1.52. The molecule has 5 nitrogen and oxygen atoms in total. The fourth-order valence-corrected chi connectivity index (χ4v) is 2.98. The summed E-state index contributed by atoms with van der Waals surface area (Å²) in [6, 6.07) is 10.2. The van der Waals surface area contributed by atoms with Crippen molar-refractivity contribution < 1.29 is 8.42 Å². The van der Waals surface area contributed by atoms with Gasteiger partial charge in [0.15, 0.2) is 0 Å². The zero-order valence-corrected chi connectivity index (χ0v) is 12.3. The Morgan fingerprint density at radius 1 is 1.21 bits per heavy atom. The Labute approximate surface area is 120 Å². The van der Waals surface area contributed by atoms with E-state index in [1.54, 1.807) is 36.4 Å². The van der Waals surface area contributed by atoms with Crippen molar-refractivity contribution in [3.8, 4) is 0 Å². The molecule has 100 valence electrons. The molecule has 0 amide bonds. The maximum absolute atomic E-state index is 12.0. The topological polar surface area (TPSA) is 85.1 Å². The van der Waals surface area contributed by atoms with Gasteiger partial charge in [0.05, 0.1) is 17.6 Å². The van der Waals surface area contributed by atoms with Crippen molar-refractivity contribution in [3.63, 3.8) is 0 Å². The maximum atomic E-state index is 12.0. The molecule has 7 heteroatoms. The summed E-state index contributed by atoms with van der Waals surface area (Å²) in [4.78, 5) is 3.95. The Hall–Kier alpha value is -1.60. The number of sulfonamides is 1. The number of pyridine rings is 1. The highest BCUT2D eigenvalue weighted by Gasteiger charge is 2.13. The van der Waals surface area contributed by atoms with Crippen molar-refractivity contribution >= 4 is 37.3 Å². The van der Waals surface area contributed by atoms with Crippen LogP contribution in [0.1, 0.15) is 5.56 Å². The highest BCUT2D eigenvalue weighted by atomic mass is 79.9. The van der Waals surface area contributed by atoms with Crippen LogP contribution in [0.4, 0.5) is 11.4 Å². The van der Waals surface area contributed by atoms with Crippen molar-refractivity contribution in [2.45, 2.75) is 5.75 Å². The second kappa shape index (κ2) is 5.58. The number of hydrogen-bond acceptors (Lipinski definition) is 4. The normalized spacial score (nSPS) is 11.2. The van der Waals surface area contributed by atoms with Crippen LogP contribution in [0.5, 0.6) is 0 Å². The summed E-state index contributed by atoms with van der Waals surface area (Å²) in [6.07, 6.45) is 1.44. The molecule has 1 aromatic carbocycles. The van der Waals surface area contributed by atoms with E-state index in [1.165, 1.54) is 6.20 Å². The van der Waals surface area contributed by atoms with Crippen molar-refractivity contribution in [2.75, 3.05) is 10.5 Å². The molecule has 2 rings (SSSR count). The monoisotopic (exact) mass is 341 g/mol. The largest absolute Gasteiger partial charge is 0.398 e. The van der Waals surface area contributed by atoms with Gasteiger partial charge >= 0.3 is 0 Å². The summed E-state index contributed by atoms with van der Waals surface area (Å²) < 4.78 is 27.1. The molecule has 0 aliphatic rings. The summed E-state index contributed by atoms with van der Waals surface area (Å²) in [5.74, 6) is -0.171.